The molecule has 0 fully saturated rings. The molecule has 0 aliphatic heterocycles. The predicted octanol–water partition coefficient (Wildman–Crippen LogP) is 6.41. The maximum Gasteiger partial charge on any atom is 0.101 e. The first-order chi connectivity index (χ1) is 15.2. The van der Waals surface area contributed by atoms with Crippen molar-refractivity contribution in [1.29, 1.82) is 5.26 Å². The van der Waals surface area contributed by atoms with Crippen LogP contribution in [0, 0.1) is 11.3 Å². The largest absolute Gasteiger partial charge is 0.372 e. The first-order valence-electron chi connectivity index (χ1n) is 11.0. The van der Waals surface area contributed by atoms with Gasteiger partial charge in [0, 0.05) is 55.2 Å². The second-order valence-corrected chi connectivity index (χ2v) is 7.93. The lowest BCUT2D eigenvalue weighted by molar-refractivity contribution is 0.745. The zero-order valence-corrected chi connectivity index (χ0v) is 18.5. The molecule has 31 heavy (non-hydrogen) atoms. The van der Waals surface area contributed by atoms with Crippen LogP contribution in [0.4, 0.5) is 5.69 Å². The molecule has 0 radical (unpaired) electrons. The standard InChI is InChI=1S/C27H28N4/c1-4-14-31(15-5-2)24-9-8-20-16-22(7-6-21(20)17-24)26-10-11-27(30(26)3)25-12-13-29-19-23(25)18-28/h6-13,16-17,19H,4-5,14-15H2,1-3H3. The molecule has 0 bridgehead atoms. The van der Waals surface area contributed by atoms with Crippen LogP contribution in [-0.2, 0) is 7.05 Å². The Bertz CT molecular complexity index is 1240. The van der Waals surface area contributed by atoms with Crippen molar-refractivity contribution >= 4 is 16.5 Å². The Labute approximate surface area is 184 Å². The zero-order valence-electron chi connectivity index (χ0n) is 18.5. The van der Waals surface area contributed by atoms with Gasteiger partial charge in [-0.3, -0.25) is 4.98 Å². The van der Waals surface area contributed by atoms with Crippen molar-refractivity contribution in [2.75, 3.05) is 18.0 Å². The summed E-state index contributed by atoms with van der Waals surface area (Å²) in [4.78, 5) is 6.55. The molecular formula is C27H28N4. The number of hydrogen-bond acceptors (Lipinski definition) is 3. The van der Waals surface area contributed by atoms with E-state index in [-0.39, 0.29) is 0 Å². The summed E-state index contributed by atoms with van der Waals surface area (Å²) in [5.74, 6) is 0. The predicted molar refractivity (Wildman–Crippen MR) is 129 cm³/mol. The number of hydrogen-bond donors (Lipinski definition) is 0. The average molecular weight is 409 g/mol. The second-order valence-electron chi connectivity index (χ2n) is 7.93. The van der Waals surface area contributed by atoms with E-state index in [0.29, 0.717) is 5.56 Å². The minimum Gasteiger partial charge on any atom is -0.372 e. The SMILES string of the molecule is CCCN(CCC)c1ccc2cc(-c3ccc(-c4ccncc4C#N)n3C)ccc2c1. The summed E-state index contributed by atoms with van der Waals surface area (Å²) in [6, 6.07) is 21.8. The van der Waals surface area contributed by atoms with Crippen molar-refractivity contribution in [3.05, 3.63) is 72.6 Å². The fourth-order valence-corrected chi connectivity index (χ4v) is 4.28. The van der Waals surface area contributed by atoms with Gasteiger partial charge in [-0.2, -0.15) is 5.26 Å². The van der Waals surface area contributed by atoms with Crippen LogP contribution in [0.3, 0.4) is 0 Å². The number of nitriles is 1. The molecule has 4 heteroatoms. The number of fused-ring (bicyclic) bond motifs is 1. The highest BCUT2D eigenvalue weighted by Gasteiger charge is 2.13. The normalized spacial score (nSPS) is 10.9. The van der Waals surface area contributed by atoms with Crippen molar-refractivity contribution in [1.82, 2.24) is 9.55 Å². The molecule has 4 aromatic rings. The highest BCUT2D eigenvalue weighted by Crippen LogP contribution is 2.32. The van der Waals surface area contributed by atoms with Crippen LogP contribution in [-0.4, -0.2) is 22.6 Å². The van der Waals surface area contributed by atoms with Gasteiger partial charge in [-0.25, -0.2) is 0 Å². The topological polar surface area (TPSA) is 44.9 Å². The highest BCUT2D eigenvalue weighted by molar-refractivity contribution is 5.90. The lowest BCUT2D eigenvalue weighted by Gasteiger charge is -2.24. The van der Waals surface area contributed by atoms with E-state index in [1.54, 1.807) is 12.4 Å². The summed E-state index contributed by atoms with van der Waals surface area (Å²) in [6.45, 7) is 6.64. The van der Waals surface area contributed by atoms with Gasteiger partial charge in [0.2, 0.25) is 0 Å². The van der Waals surface area contributed by atoms with E-state index in [1.165, 1.54) is 22.0 Å². The van der Waals surface area contributed by atoms with Crippen LogP contribution in [0.5, 0.6) is 0 Å². The number of benzene rings is 2. The van der Waals surface area contributed by atoms with Gasteiger partial charge in [0.15, 0.2) is 0 Å². The lowest BCUT2D eigenvalue weighted by Crippen LogP contribution is -2.24. The maximum atomic E-state index is 9.44. The number of rotatable bonds is 7. The summed E-state index contributed by atoms with van der Waals surface area (Å²) in [5, 5.41) is 11.9. The summed E-state index contributed by atoms with van der Waals surface area (Å²) >= 11 is 0. The molecule has 156 valence electrons. The second kappa shape index (κ2) is 9.06. The van der Waals surface area contributed by atoms with Gasteiger partial charge in [-0.15, -0.1) is 0 Å². The third kappa shape index (κ3) is 4.04. The van der Waals surface area contributed by atoms with Crippen LogP contribution in [0.15, 0.2) is 67.0 Å². The molecule has 4 nitrogen and oxygen atoms in total. The van der Waals surface area contributed by atoms with Gasteiger partial charge in [0.25, 0.3) is 0 Å². The van der Waals surface area contributed by atoms with Gasteiger partial charge >= 0.3 is 0 Å². The minimum atomic E-state index is 0.588. The Morgan fingerprint density at radius 3 is 2.35 bits per heavy atom. The van der Waals surface area contributed by atoms with Crippen molar-refractivity contribution in [3.63, 3.8) is 0 Å². The van der Waals surface area contributed by atoms with E-state index in [2.05, 4.69) is 82.9 Å². The van der Waals surface area contributed by atoms with Crippen LogP contribution in [0.25, 0.3) is 33.3 Å². The van der Waals surface area contributed by atoms with E-state index in [1.807, 2.05) is 13.1 Å². The third-order valence-electron chi connectivity index (χ3n) is 5.81. The van der Waals surface area contributed by atoms with E-state index < -0.39 is 0 Å². The van der Waals surface area contributed by atoms with E-state index >= 15 is 0 Å². The van der Waals surface area contributed by atoms with Crippen molar-refractivity contribution < 1.29 is 0 Å². The van der Waals surface area contributed by atoms with Crippen LogP contribution < -0.4 is 4.90 Å². The van der Waals surface area contributed by atoms with Crippen molar-refractivity contribution in [2.45, 2.75) is 26.7 Å². The van der Waals surface area contributed by atoms with Gasteiger partial charge in [-0.05, 0) is 65.6 Å². The quantitative estimate of drug-likeness (QED) is 0.355. The third-order valence-corrected chi connectivity index (χ3v) is 5.81. The fourth-order valence-electron chi connectivity index (χ4n) is 4.28. The monoisotopic (exact) mass is 408 g/mol. The van der Waals surface area contributed by atoms with Gasteiger partial charge < -0.3 is 9.47 Å². The lowest BCUT2D eigenvalue weighted by atomic mass is 10.0. The van der Waals surface area contributed by atoms with E-state index in [0.717, 1.165) is 42.9 Å². The maximum absolute atomic E-state index is 9.44. The summed E-state index contributed by atoms with van der Waals surface area (Å²) < 4.78 is 2.15. The van der Waals surface area contributed by atoms with Crippen molar-refractivity contribution in [2.24, 2.45) is 7.05 Å². The molecule has 0 N–H and O–H groups in total. The number of nitrogens with zero attached hydrogens (tertiary/aromatic N) is 4. The summed E-state index contributed by atoms with van der Waals surface area (Å²) in [7, 11) is 2.05. The smallest absolute Gasteiger partial charge is 0.101 e. The van der Waals surface area contributed by atoms with Crippen LogP contribution >= 0.6 is 0 Å². The van der Waals surface area contributed by atoms with Crippen molar-refractivity contribution in [3.8, 4) is 28.6 Å². The molecule has 0 unspecified atom stereocenters. The molecule has 2 aromatic carbocycles. The Kier molecular flexibility index (Phi) is 6.04. The molecule has 0 amide bonds. The summed E-state index contributed by atoms with van der Waals surface area (Å²) in [5.41, 5.74) is 6.10. The van der Waals surface area contributed by atoms with Crippen LogP contribution in [0.2, 0.25) is 0 Å². The summed E-state index contributed by atoms with van der Waals surface area (Å²) in [6.07, 6.45) is 5.66. The van der Waals surface area contributed by atoms with Crippen LogP contribution in [0.1, 0.15) is 32.3 Å². The zero-order chi connectivity index (χ0) is 21.8. The average Bonchev–Trinajstić information content (AvgIpc) is 3.19. The molecule has 0 saturated heterocycles. The number of pyridine rings is 1. The Morgan fingerprint density at radius 2 is 1.61 bits per heavy atom. The Hall–Kier alpha value is -3.58. The number of aromatic nitrogens is 2. The Balaban J connectivity index is 1.71. The van der Waals surface area contributed by atoms with E-state index in [9.17, 15) is 5.26 Å². The molecule has 4 rings (SSSR count). The molecule has 0 aliphatic rings. The molecular weight excluding hydrogens is 380 g/mol. The highest BCUT2D eigenvalue weighted by atomic mass is 15.1. The molecule has 0 spiro atoms. The van der Waals surface area contributed by atoms with Gasteiger partial charge in [0.1, 0.15) is 6.07 Å². The molecule has 0 aliphatic carbocycles. The molecule has 2 heterocycles. The van der Waals surface area contributed by atoms with Gasteiger partial charge in [0.05, 0.1) is 5.56 Å². The van der Waals surface area contributed by atoms with E-state index in [4.69, 9.17) is 0 Å². The molecule has 2 aromatic heterocycles. The Morgan fingerprint density at radius 1 is 0.903 bits per heavy atom. The first kappa shape index (κ1) is 20.7. The minimum absolute atomic E-state index is 0.588. The molecule has 0 atom stereocenters. The van der Waals surface area contributed by atoms with Gasteiger partial charge in [-0.1, -0.05) is 32.0 Å². The fraction of sp³-hybridized carbons (Fsp3) is 0.259. The number of anilines is 1. The molecule has 0 saturated carbocycles. The first-order valence-corrected chi connectivity index (χ1v) is 11.0.